The molecule has 0 spiro atoms. The summed E-state index contributed by atoms with van der Waals surface area (Å²) < 4.78 is 18.7. The van der Waals surface area contributed by atoms with Crippen molar-refractivity contribution in [2.75, 3.05) is 27.4 Å². The lowest BCUT2D eigenvalue weighted by Crippen LogP contribution is -2.32. The predicted molar refractivity (Wildman–Crippen MR) is 157 cm³/mol. The number of benzene rings is 3. The lowest BCUT2D eigenvalue weighted by atomic mass is 10.1. The minimum atomic E-state index is -0.118. The lowest BCUT2D eigenvalue weighted by molar-refractivity contribution is -0.122. The van der Waals surface area contributed by atoms with Crippen LogP contribution in [-0.4, -0.2) is 43.3 Å². The Hall–Kier alpha value is -2.34. The third-order valence-corrected chi connectivity index (χ3v) is 7.49. The Morgan fingerprint density at radius 2 is 1.81 bits per heavy atom. The standard InChI is InChI=1S/C27H24BrIN2O4S/c1-33-14-13-31-26(32)25(36-27(31)30-22-8-10-23(34-2)11-9-22)16-19-15-20(28)5-12-24(19)35-17-18-3-6-21(29)7-4-18/h3-12,15-16H,13-14,17H2,1-2H3/b25-16-,30-27?. The number of rotatable bonds is 9. The van der Waals surface area contributed by atoms with Gasteiger partial charge in [0.25, 0.3) is 5.91 Å². The van der Waals surface area contributed by atoms with Crippen LogP contribution in [0.25, 0.3) is 6.08 Å². The highest BCUT2D eigenvalue weighted by Crippen LogP contribution is 2.36. The number of ether oxygens (including phenoxy) is 3. The quantitative estimate of drug-likeness (QED) is 0.182. The van der Waals surface area contributed by atoms with E-state index in [4.69, 9.17) is 19.2 Å². The smallest absolute Gasteiger partial charge is 0.266 e. The number of aliphatic imine (C=N–C) groups is 1. The summed E-state index contributed by atoms with van der Waals surface area (Å²) in [7, 11) is 3.24. The van der Waals surface area contributed by atoms with Crippen molar-refractivity contribution in [1.82, 2.24) is 4.90 Å². The molecule has 1 amide bonds. The second-order valence-corrected chi connectivity index (χ2v) is 10.9. The Bertz CT molecular complexity index is 1280. The normalized spacial score (nSPS) is 15.7. The molecule has 3 aromatic carbocycles. The maximum atomic E-state index is 13.4. The Labute approximate surface area is 237 Å². The zero-order chi connectivity index (χ0) is 25.5. The van der Waals surface area contributed by atoms with Gasteiger partial charge < -0.3 is 14.2 Å². The molecule has 0 saturated carbocycles. The van der Waals surface area contributed by atoms with Gasteiger partial charge in [-0.25, -0.2) is 4.99 Å². The van der Waals surface area contributed by atoms with Crippen molar-refractivity contribution in [3.63, 3.8) is 0 Å². The van der Waals surface area contributed by atoms with Crippen LogP contribution in [0.15, 0.2) is 81.1 Å². The highest BCUT2D eigenvalue weighted by molar-refractivity contribution is 14.1. The van der Waals surface area contributed by atoms with Crippen molar-refractivity contribution in [3.8, 4) is 11.5 Å². The van der Waals surface area contributed by atoms with Crippen LogP contribution in [0.2, 0.25) is 0 Å². The highest BCUT2D eigenvalue weighted by atomic mass is 127. The van der Waals surface area contributed by atoms with E-state index in [0.29, 0.717) is 35.6 Å². The van der Waals surface area contributed by atoms with Gasteiger partial charge in [0.05, 0.1) is 30.9 Å². The van der Waals surface area contributed by atoms with Gasteiger partial charge in [-0.1, -0.05) is 28.1 Å². The summed E-state index contributed by atoms with van der Waals surface area (Å²) in [4.78, 5) is 20.3. The van der Waals surface area contributed by atoms with E-state index < -0.39 is 0 Å². The number of hydrogen-bond acceptors (Lipinski definition) is 6. The first-order valence-corrected chi connectivity index (χ1v) is 13.8. The number of thioether (sulfide) groups is 1. The number of amidine groups is 1. The molecule has 1 fully saturated rings. The van der Waals surface area contributed by atoms with E-state index in [1.165, 1.54) is 15.3 Å². The van der Waals surface area contributed by atoms with Crippen molar-refractivity contribution in [3.05, 3.63) is 90.8 Å². The van der Waals surface area contributed by atoms with Crippen LogP contribution in [0.3, 0.4) is 0 Å². The van der Waals surface area contributed by atoms with E-state index in [1.807, 2.05) is 60.7 Å². The van der Waals surface area contributed by atoms with Crippen LogP contribution in [0, 0.1) is 3.57 Å². The topological polar surface area (TPSA) is 60.4 Å². The largest absolute Gasteiger partial charge is 0.497 e. The Kier molecular flexibility index (Phi) is 9.47. The van der Waals surface area contributed by atoms with E-state index in [9.17, 15) is 4.79 Å². The SMILES string of the molecule is COCCN1C(=O)/C(=C/c2cc(Br)ccc2OCc2ccc(I)cc2)SC1=Nc1ccc(OC)cc1. The summed E-state index contributed by atoms with van der Waals surface area (Å²) in [5.74, 6) is 1.33. The molecule has 9 heteroatoms. The minimum Gasteiger partial charge on any atom is -0.497 e. The molecule has 1 aliphatic heterocycles. The first-order chi connectivity index (χ1) is 17.5. The van der Waals surface area contributed by atoms with E-state index in [2.05, 4.69) is 50.7 Å². The molecular formula is C27H24BrIN2O4S. The van der Waals surface area contributed by atoms with Crippen LogP contribution in [0.5, 0.6) is 11.5 Å². The zero-order valence-corrected chi connectivity index (χ0v) is 24.3. The van der Waals surface area contributed by atoms with Gasteiger partial charge in [-0.2, -0.15) is 0 Å². The number of hydrogen-bond donors (Lipinski definition) is 0. The van der Waals surface area contributed by atoms with E-state index >= 15 is 0 Å². The van der Waals surface area contributed by atoms with E-state index in [-0.39, 0.29) is 5.91 Å². The zero-order valence-electron chi connectivity index (χ0n) is 19.7. The first kappa shape index (κ1) is 26.7. The second-order valence-electron chi connectivity index (χ2n) is 7.75. The second kappa shape index (κ2) is 12.8. The van der Waals surface area contributed by atoms with Crippen LogP contribution >= 0.6 is 50.3 Å². The molecule has 4 rings (SSSR count). The third-order valence-electron chi connectivity index (χ3n) is 5.27. The molecule has 0 aliphatic carbocycles. The van der Waals surface area contributed by atoms with Gasteiger partial charge in [0.2, 0.25) is 0 Å². The number of carbonyl (C=O) groups is 1. The summed E-state index contributed by atoms with van der Waals surface area (Å²) in [6, 6.07) is 21.4. The molecule has 3 aromatic rings. The fraction of sp³-hybridized carbons (Fsp3) is 0.185. The van der Waals surface area contributed by atoms with Crippen LogP contribution in [0.4, 0.5) is 5.69 Å². The molecular weight excluding hydrogens is 655 g/mol. The summed E-state index contributed by atoms with van der Waals surface area (Å²) in [5.41, 5.74) is 2.62. The highest BCUT2D eigenvalue weighted by Gasteiger charge is 2.33. The van der Waals surface area contributed by atoms with Crippen molar-refractivity contribution < 1.29 is 19.0 Å². The molecule has 1 aliphatic rings. The van der Waals surface area contributed by atoms with Gasteiger partial charge in [0, 0.05) is 20.7 Å². The van der Waals surface area contributed by atoms with Crippen molar-refractivity contribution >= 4 is 73.1 Å². The van der Waals surface area contributed by atoms with Gasteiger partial charge >= 0.3 is 0 Å². The van der Waals surface area contributed by atoms with Gasteiger partial charge in [0.15, 0.2) is 5.17 Å². The maximum Gasteiger partial charge on any atom is 0.266 e. The van der Waals surface area contributed by atoms with Crippen molar-refractivity contribution in [2.45, 2.75) is 6.61 Å². The molecule has 0 radical (unpaired) electrons. The van der Waals surface area contributed by atoms with Crippen molar-refractivity contribution in [1.29, 1.82) is 0 Å². The Balaban J connectivity index is 1.61. The number of carbonyl (C=O) groups excluding carboxylic acids is 1. The number of halogens is 2. The summed E-state index contributed by atoms with van der Waals surface area (Å²) in [5, 5.41) is 0.602. The lowest BCUT2D eigenvalue weighted by Gasteiger charge is -2.14. The van der Waals surface area contributed by atoms with Crippen LogP contribution < -0.4 is 9.47 Å². The molecule has 1 heterocycles. The number of methoxy groups -OCH3 is 2. The Morgan fingerprint density at radius 3 is 2.50 bits per heavy atom. The van der Waals surface area contributed by atoms with Crippen LogP contribution in [-0.2, 0) is 16.1 Å². The summed E-state index contributed by atoms with van der Waals surface area (Å²) >= 11 is 7.16. The van der Waals surface area contributed by atoms with Crippen LogP contribution in [0.1, 0.15) is 11.1 Å². The molecule has 1 saturated heterocycles. The molecule has 0 unspecified atom stereocenters. The van der Waals surface area contributed by atoms with E-state index in [1.54, 1.807) is 19.1 Å². The average molecular weight is 679 g/mol. The van der Waals surface area contributed by atoms with Crippen molar-refractivity contribution in [2.24, 2.45) is 4.99 Å². The van der Waals surface area contributed by atoms with Gasteiger partial charge in [0.1, 0.15) is 18.1 Å². The third kappa shape index (κ3) is 6.90. The van der Waals surface area contributed by atoms with E-state index in [0.717, 1.165) is 27.0 Å². The fourth-order valence-electron chi connectivity index (χ4n) is 3.38. The molecule has 0 atom stereocenters. The van der Waals surface area contributed by atoms with Gasteiger partial charge in [-0.3, -0.25) is 9.69 Å². The molecule has 186 valence electrons. The Morgan fingerprint density at radius 1 is 1.06 bits per heavy atom. The summed E-state index contributed by atoms with van der Waals surface area (Å²) in [6.07, 6.45) is 1.86. The molecule has 6 nitrogen and oxygen atoms in total. The molecule has 0 aromatic heterocycles. The average Bonchev–Trinajstić information content (AvgIpc) is 3.17. The molecule has 0 bridgehead atoms. The number of nitrogens with zero attached hydrogens (tertiary/aromatic N) is 2. The molecule has 0 N–H and O–H groups in total. The monoisotopic (exact) mass is 678 g/mol. The predicted octanol–water partition coefficient (Wildman–Crippen LogP) is 6.89. The first-order valence-electron chi connectivity index (χ1n) is 11.1. The minimum absolute atomic E-state index is 0.118. The van der Waals surface area contributed by atoms with Gasteiger partial charge in [-0.15, -0.1) is 0 Å². The number of amides is 1. The fourth-order valence-corrected chi connectivity index (χ4v) is 5.14. The summed E-state index contributed by atoms with van der Waals surface area (Å²) in [6.45, 7) is 1.24. The van der Waals surface area contributed by atoms with Gasteiger partial charge in [-0.05, 0) is 101 Å². The molecule has 36 heavy (non-hydrogen) atoms. The maximum absolute atomic E-state index is 13.4.